The summed E-state index contributed by atoms with van der Waals surface area (Å²) < 4.78 is 5.10. The zero-order valence-electron chi connectivity index (χ0n) is 17.3. The van der Waals surface area contributed by atoms with E-state index in [1.807, 2.05) is 0 Å². The smallest absolute Gasteiger partial charge is 0.340 e. The van der Waals surface area contributed by atoms with Gasteiger partial charge in [-0.05, 0) is 48.5 Å². The van der Waals surface area contributed by atoms with E-state index in [1.165, 1.54) is 13.1 Å². The van der Waals surface area contributed by atoms with Crippen molar-refractivity contribution in [1.29, 1.82) is 0 Å². The molecule has 0 aliphatic heterocycles. The van der Waals surface area contributed by atoms with E-state index in [0.29, 0.717) is 16.8 Å². The lowest BCUT2D eigenvalue weighted by atomic mass is 10.1. The summed E-state index contributed by atoms with van der Waals surface area (Å²) in [6.45, 7) is -0.517. The highest BCUT2D eigenvalue weighted by Gasteiger charge is 2.16. The van der Waals surface area contributed by atoms with Gasteiger partial charge in [-0.1, -0.05) is 30.3 Å². The minimum Gasteiger partial charge on any atom is -0.452 e. The molecular weight excluding hydrogens is 410 g/mol. The summed E-state index contributed by atoms with van der Waals surface area (Å²) >= 11 is 0. The number of rotatable bonds is 7. The van der Waals surface area contributed by atoms with Crippen molar-refractivity contribution in [2.75, 3.05) is 24.3 Å². The standard InChI is InChI=1S/C24H21N3O5/c1-25-22(29)17-11-13-18(14-12-17)26-21(28)15-32-24(31)19-9-5-6-10-20(19)27-23(30)16-7-3-2-4-8-16/h2-14H,15H2,1H3,(H,25,29)(H,26,28)(H,27,30). The summed E-state index contributed by atoms with van der Waals surface area (Å²) in [5.74, 6) is -1.91. The topological polar surface area (TPSA) is 114 Å². The van der Waals surface area contributed by atoms with Crippen LogP contribution in [-0.2, 0) is 9.53 Å². The van der Waals surface area contributed by atoms with Gasteiger partial charge in [0.15, 0.2) is 6.61 Å². The Labute approximate surface area is 184 Å². The maximum Gasteiger partial charge on any atom is 0.340 e. The van der Waals surface area contributed by atoms with Gasteiger partial charge >= 0.3 is 5.97 Å². The first-order chi connectivity index (χ1) is 15.5. The Morgan fingerprint density at radius 3 is 2.03 bits per heavy atom. The molecule has 0 saturated heterocycles. The number of carbonyl (C=O) groups excluding carboxylic acids is 4. The molecule has 0 aliphatic rings. The Balaban J connectivity index is 1.58. The summed E-state index contributed by atoms with van der Waals surface area (Å²) in [5, 5.41) is 7.77. The molecule has 0 heterocycles. The lowest BCUT2D eigenvalue weighted by Crippen LogP contribution is -2.22. The molecular formula is C24H21N3O5. The van der Waals surface area contributed by atoms with Crippen LogP contribution < -0.4 is 16.0 Å². The van der Waals surface area contributed by atoms with Crippen molar-refractivity contribution in [2.45, 2.75) is 0 Å². The largest absolute Gasteiger partial charge is 0.452 e. The number of esters is 1. The van der Waals surface area contributed by atoms with Gasteiger partial charge in [-0.15, -0.1) is 0 Å². The highest BCUT2D eigenvalue weighted by atomic mass is 16.5. The molecule has 0 radical (unpaired) electrons. The van der Waals surface area contributed by atoms with Crippen LogP contribution in [0.5, 0.6) is 0 Å². The Hall–Kier alpha value is -4.46. The van der Waals surface area contributed by atoms with Crippen LogP contribution in [0.3, 0.4) is 0 Å². The van der Waals surface area contributed by atoms with Gasteiger partial charge in [0.1, 0.15) is 0 Å². The lowest BCUT2D eigenvalue weighted by Gasteiger charge is -2.11. The molecule has 0 unspecified atom stereocenters. The molecule has 162 valence electrons. The van der Waals surface area contributed by atoms with E-state index < -0.39 is 18.5 Å². The Bertz CT molecular complexity index is 1130. The van der Waals surface area contributed by atoms with Gasteiger partial charge in [0.2, 0.25) is 0 Å². The second-order valence-corrected chi connectivity index (χ2v) is 6.65. The first-order valence-corrected chi connectivity index (χ1v) is 9.72. The van der Waals surface area contributed by atoms with Gasteiger partial charge in [0, 0.05) is 23.9 Å². The minimum absolute atomic E-state index is 0.125. The van der Waals surface area contributed by atoms with E-state index in [-0.39, 0.29) is 23.1 Å². The number of para-hydroxylation sites is 1. The SMILES string of the molecule is CNC(=O)c1ccc(NC(=O)COC(=O)c2ccccc2NC(=O)c2ccccc2)cc1. The van der Waals surface area contributed by atoms with Gasteiger partial charge in [-0.2, -0.15) is 0 Å². The first-order valence-electron chi connectivity index (χ1n) is 9.72. The van der Waals surface area contributed by atoms with Gasteiger partial charge in [-0.3, -0.25) is 14.4 Å². The van der Waals surface area contributed by atoms with Crippen molar-refractivity contribution < 1.29 is 23.9 Å². The van der Waals surface area contributed by atoms with E-state index in [4.69, 9.17) is 4.74 Å². The molecule has 3 rings (SSSR count). The Morgan fingerprint density at radius 1 is 0.719 bits per heavy atom. The van der Waals surface area contributed by atoms with Crippen LogP contribution in [-0.4, -0.2) is 37.3 Å². The highest BCUT2D eigenvalue weighted by molar-refractivity contribution is 6.08. The monoisotopic (exact) mass is 431 g/mol. The van der Waals surface area contributed by atoms with Crippen LogP contribution >= 0.6 is 0 Å². The molecule has 0 saturated carbocycles. The second-order valence-electron chi connectivity index (χ2n) is 6.65. The van der Waals surface area contributed by atoms with Crippen LogP contribution in [0.15, 0.2) is 78.9 Å². The third kappa shape index (κ3) is 5.79. The summed E-state index contributed by atoms with van der Waals surface area (Å²) in [7, 11) is 1.53. The van der Waals surface area contributed by atoms with E-state index in [1.54, 1.807) is 72.8 Å². The first kappa shape index (κ1) is 22.2. The number of hydrogen-bond acceptors (Lipinski definition) is 5. The fourth-order valence-electron chi connectivity index (χ4n) is 2.81. The maximum absolute atomic E-state index is 12.5. The van der Waals surface area contributed by atoms with Crippen LogP contribution in [0, 0.1) is 0 Å². The predicted molar refractivity (Wildman–Crippen MR) is 120 cm³/mol. The minimum atomic E-state index is -0.751. The number of ether oxygens (including phenoxy) is 1. The molecule has 0 aromatic heterocycles. The Morgan fingerprint density at radius 2 is 1.34 bits per heavy atom. The molecule has 3 aromatic carbocycles. The Kier molecular flexibility index (Phi) is 7.32. The fourth-order valence-corrected chi connectivity index (χ4v) is 2.81. The van der Waals surface area contributed by atoms with E-state index in [9.17, 15) is 19.2 Å². The average molecular weight is 431 g/mol. The molecule has 0 aliphatic carbocycles. The zero-order chi connectivity index (χ0) is 22.9. The quantitative estimate of drug-likeness (QED) is 0.498. The van der Waals surface area contributed by atoms with Gasteiger partial charge < -0.3 is 20.7 Å². The van der Waals surface area contributed by atoms with Crippen LogP contribution in [0.2, 0.25) is 0 Å². The fraction of sp³-hybridized carbons (Fsp3) is 0.0833. The van der Waals surface area contributed by atoms with Gasteiger partial charge in [0.25, 0.3) is 17.7 Å². The summed E-state index contributed by atoms with van der Waals surface area (Å²) in [4.78, 5) is 48.6. The third-order valence-electron chi connectivity index (χ3n) is 4.42. The highest BCUT2D eigenvalue weighted by Crippen LogP contribution is 2.18. The lowest BCUT2D eigenvalue weighted by molar-refractivity contribution is -0.119. The van der Waals surface area contributed by atoms with E-state index in [0.717, 1.165) is 0 Å². The van der Waals surface area contributed by atoms with Crippen molar-refractivity contribution >= 4 is 35.1 Å². The van der Waals surface area contributed by atoms with E-state index >= 15 is 0 Å². The molecule has 3 aromatic rings. The molecule has 3 N–H and O–H groups in total. The molecule has 8 nitrogen and oxygen atoms in total. The number of benzene rings is 3. The molecule has 0 fully saturated rings. The van der Waals surface area contributed by atoms with Crippen LogP contribution in [0.25, 0.3) is 0 Å². The molecule has 8 heteroatoms. The van der Waals surface area contributed by atoms with Crippen molar-refractivity contribution in [3.05, 3.63) is 95.6 Å². The number of amides is 3. The predicted octanol–water partition coefficient (Wildman–Crippen LogP) is 3.09. The molecule has 3 amide bonds. The van der Waals surface area contributed by atoms with Crippen molar-refractivity contribution in [2.24, 2.45) is 0 Å². The molecule has 0 bridgehead atoms. The second kappa shape index (κ2) is 10.5. The number of nitrogens with one attached hydrogen (secondary N) is 3. The third-order valence-corrected chi connectivity index (χ3v) is 4.42. The normalized spacial score (nSPS) is 10.0. The summed E-state index contributed by atoms with van der Waals surface area (Å²) in [6, 6.07) is 21.2. The van der Waals surface area contributed by atoms with Crippen LogP contribution in [0.1, 0.15) is 31.1 Å². The molecule has 32 heavy (non-hydrogen) atoms. The summed E-state index contributed by atoms with van der Waals surface area (Å²) in [5.41, 5.74) is 1.74. The zero-order valence-corrected chi connectivity index (χ0v) is 17.3. The molecule has 0 spiro atoms. The average Bonchev–Trinajstić information content (AvgIpc) is 2.83. The number of carbonyl (C=O) groups is 4. The van der Waals surface area contributed by atoms with Gasteiger partial charge in [-0.25, -0.2) is 4.79 Å². The van der Waals surface area contributed by atoms with Crippen molar-refractivity contribution in [3.8, 4) is 0 Å². The van der Waals surface area contributed by atoms with Crippen LogP contribution in [0.4, 0.5) is 11.4 Å². The maximum atomic E-state index is 12.5. The van der Waals surface area contributed by atoms with E-state index in [2.05, 4.69) is 16.0 Å². The number of hydrogen-bond donors (Lipinski definition) is 3. The summed E-state index contributed by atoms with van der Waals surface area (Å²) in [6.07, 6.45) is 0. The van der Waals surface area contributed by atoms with Crippen molar-refractivity contribution in [3.63, 3.8) is 0 Å². The van der Waals surface area contributed by atoms with Gasteiger partial charge in [0.05, 0.1) is 11.3 Å². The number of anilines is 2. The molecule has 0 atom stereocenters. The van der Waals surface area contributed by atoms with Crippen molar-refractivity contribution in [1.82, 2.24) is 5.32 Å².